The van der Waals surface area contributed by atoms with Crippen molar-refractivity contribution in [2.24, 2.45) is 7.05 Å². The fourth-order valence-electron chi connectivity index (χ4n) is 3.21. The molecule has 140 valence electrons. The van der Waals surface area contributed by atoms with E-state index in [1.807, 2.05) is 53.0 Å². The number of carbonyl (C=O) groups is 1. The molecule has 0 aliphatic heterocycles. The molecule has 1 aliphatic rings. The third kappa shape index (κ3) is 3.72. The number of aromatic nitrogens is 3. The van der Waals surface area contributed by atoms with Crippen molar-refractivity contribution in [3.05, 3.63) is 54.1 Å². The number of hydrogen-bond acceptors (Lipinski definition) is 4. The van der Waals surface area contributed by atoms with E-state index >= 15 is 0 Å². The maximum Gasteiger partial charge on any atom is 0.318 e. The van der Waals surface area contributed by atoms with Gasteiger partial charge in [-0.05, 0) is 36.6 Å². The van der Waals surface area contributed by atoms with E-state index < -0.39 is 0 Å². The van der Waals surface area contributed by atoms with Crippen LogP contribution in [0.15, 0.2) is 42.7 Å². The number of urea groups is 1. The van der Waals surface area contributed by atoms with Gasteiger partial charge in [0.25, 0.3) is 0 Å². The summed E-state index contributed by atoms with van der Waals surface area (Å²) in [6, 6.07) is 9.93. The number of nitrogens with one attached hydrogen (secondary N) is 1. The summed E-state index contributed by atoms with van der Waals surface area (Å²) in [5, 5.41) is 3.02. The van der Waals surface area contributed by atoms with Crippen molar-refractivity contribution in [3.8, 4) is 5.75 Å². The molecular weight excluding hydrogens is 342 g/mol. The van der Waals surface area contributed by atoms with E-state index in [4.69, 9.17) is 4.74 Å². The molecule has 7 nitrogen and oxygen atoms in total. The van der Waals surface area contributed by atoms with Crippen LogP contribution in [0.1, 0.15) is 24.2 Å². The van der Waals surface area contributed by atoms with Crippen LogP contribution in [0.3, 0.4) is 0 Å². The highest BCUT2D eigenvalue weighted by molar-refractivity contribution is 5.78. The molecule has 3 aromatic rings. The summed E-state index contributed by atoms with van der Waals surface area (Å²) in [5.41, 5.74) is 2.90. The molecule has 0 saturated heterocycles. The maximum absolute atomic E-state index is 12.8. The van der Waals surface area contributed by atoms with E-state index in [2.05, 4.69) is 15.3 Å². The molecule has 2 amide bonds. The molecule has 0 unspecified atom stereocenters. The zero-order valence-electron chi connectivity index (χ0n) is 15.6. The second-order valence-corrected chi connectivity index (χ2v) is 6.82. The first kappa shape index (κ1) is 17.3. The molecule has 1 N–H and O–H groups in total. The van der Waals surface area contributed by atoms with Gasteiger partial charge in [0, 0.05) is 38.1 Å². The third-order valence-corrected chi connectivity index (χ3v) is 4.90. The summed E-state index contributed by atoms with van der Waals surface area (Å²) in [5.74, 6) is 1.58. The van der Waals surface area contributed by atoms with Crippen molar-refractivity contribution < 1.29 is 9.53 Å². The maximum atomic E-state index is 12.8. The average molecular weight is 365 g/mol. The lowest BCUT2D eigenvalue weighted by molar-refractivity contribution is 0.191. The zero-order chi connectivity index (χ0) is 18.8. The number of benzene rings is 1. The minimum atomic E-state index is -0.0639. The molecule has 2 aromatic heterocycles. The van der Waals surface area contributed by atoms with E-state index in [0.29, 0.717) is 19.1 Å². The molecule has 0 radical (unpaired) electrons. The molecule has 1 aromatic carbocycles. The van der Waals surface area contributed by atoms with Crippen molar-refractivity contribution in [1.29, 1.82) is 0 Å². The highest BCUT2D eigenvalue weighted by Crippen LogP contribution is 2.28. The SMILES string of the molecule is COc1ccc2c(c1)nc(CNC(=O)N(Cc1cccnc1)C1CC1)n2C. The number of imidazole rings is 1. The Labute approximate surface area is 158 Å². The highest BCUT2D eigenvalue weighted by Gasteiger charge is 2.32. The second kappa shape index (κ2) is 7.26. The number of hydrogen-bond donors (Lipinski definition) is 1. The number of rotatable bonds is 6. The van der Waals surface area contributed by atoms with Crippen LogP contribution in [0.25, 0.3) is 11.0 Å². The number of methoxy groups -OCH3 is 1. The summed E-state index contributed by atoms with van der Waals surface area (Å²) in [4.78, 5) is 23.4. The van der Waals surface area contributed by atoms with Crippen LogP contribution < -0.4 is 10.1 Å². The van der Waals surface area contributed by atoms with Gasteiger partial charge in [0.2, 0.25) is 0 Å². The molecule has 0 spiro atoms. The van der Waals surface area contributed by atoms with Gasteiger partial charge in [-0.1, -0.05) is 6.07 Å². The lowest BCUT2D eigenvalue weighted by Gasteiger charge is -2.22. The van der Waals surface area contributed by atoms with Crippen LogP contribution >= 0.6 is 0 Å². The molecule has 2 heterocycles. The Kier molecular flexibility index (Phi) is 4.66. The molecule has 1 fully saturated rings. The van der Waals surface area contributed by atoms with E-state index in [0.717, 1.165) is 41.0 Å². The first-order valence-corrected chi connectivity index (χ1v) is 9.08. The van der Waals surface area contributed by atoms with E-state index in [1.165, 1.54) is 0 Å². The van der Waals surface area contributed by atoms with Crippen molar-refractivity contribution in [3.63, 3.8) is 0 Å². The summed E-state index contributed by atoms with van der Waals surface area (Å²) >= 11 is 0. The molecule has 0 bridgehead atoms. The van der Waals surface area contributed by atoms with Crippen LogP contribution in [0.5, 0.6) is 5.75 Å². The predicted octanol–water partition coefficient (Wildman–Crippen LogP) is 2.85. The average Bonchev–Trinajstić information content (AvgIpc) is 3.49. The first-order valence-electron chi connectivity index (χ1n) is 9.08. The highest BCUT2D eigenvalue weighted by atomic mass is 16.5. The van der Waals surface area contributed by atoms with Crippen LogP contribution in [-0.4, -0.2) is 38.6 Å². The molecule has 1 aliphatic carbocycles. The van der Waals surface area contributed by atoms with Gasteiger partial charge in [0.05, 0.1) is 24.7 Å². The first-order chi connectivity index (χ1) is 13.2. The van der Waals surface area contributed by atoms with Crippen molar-refractivity contribution in [2.75, 3.05) is 7.11 Å². The lowest BCUT2D eigenvalue weighted by atomic mass is 10.2. The third-order valence-electron chi connectivity index (χ3n) is 4.90. The zero-order valence-corrected chi connectivity index (χ0v) is 15.6. The number of aryl methyl sites for hydroxylation is 1. The molecule has 0 atom stereocenters. The van der Waals surface area contributed by atoms with Gasteiger partial charge in [-0.25, -0.2) is 9.78 Å². The molecule has 27 heavy (non-hydrogen) atoms. The van der Waals surface area contributed by atoms with Crippen LogP contribution in [0.2, 0.25) is 0 Å². The molecular formula is C20H23N5O2. The van der Waals surface area contributed by atoms with E-state index in [-0.39, 0.29) is 6.03 Å². The van der Waals surface area contributed by atoms with Gasteiger partial charge in [0.15, 0.2) is 0 Å². The number of amides is 2. The molecule has 4 rings (SSSR count). The Morgan fingerprint density at radius 1 is 1.37 bits per heavy atom. The van der Waals surface area contributed by atoms with Crippen molar-refractivity contribution >= 4 is 17.1 Å². The Morgan fingerprint density at radius 2 is 2.22 bits per heavy atom. The fraction of sp³-hybridized carbons (Fsp3) is 0.350. The number of ether oxygens (including phenoxy) is 1. The number of nitrogens with zero attached hydrogens (tertiary/aromatic N) is 4. The second-order valence-electron chi connectivity index (χ2n) is 6.82. The Hall–Kier alpha value is -3.09. The summed E-state index contributed by atoms with van der Waals surface area (Å²) < 4.78 is 7.26. The quantitative estimate of drug-likeness (QED) is 0.729. The Morgan fingerprint density at radius 3 is 2.93 bits per heavy atom. The fourth-order valence-corrected chi connectivity index (χ4v) is 3.21. The molecule has 1 saturated carbocycles. The Balaban J connectivity index is 1.46. The normalized spacial score (nSPS) is 13.6. The number of carbonyl (C=O) groups excluding carboxylic acids is 1. The standard InChI is InChI=1S/C20H23N5O2/c1-24-18-8-7-16(27-2)10-17(18)23-19(24)12-22-20(26)25(15-5-6-15)13-14-4-3-9-21-11-14/h3-4,7-11,15H,5-6,12-13H2,1-2H3,(H,22,26). The van der Waals surface area contributed by atoms with Crippen molar-refractivity contribution in [2.45, 2.75) is 32.0 Å². The molecule has 7 heteroatoms. The topological polar surface area (TPSA) is 72.3 Å². The smallest absolute Gasteiger partial charge is 0.318 e. The van der Waals surface area contributed by atoms with Gasteiger partial charge in [-0.15, -0.1) is 0 Å². The largest absolute Gasteiger partial charge is 0.497 e. The summed E-state index contributed by atoms with van der Waals surface area (Å²) in [6.45, 7) is 0.951. The lowest BCUT2D eigenvalue weighted by Crippen LogP contribution is -2.41. The minimum Gasteiger partial charge on any atom is -0.497 e. The van der Waals surface area contributed by atoms with Gasteiger partial charge >= 0.3 is 6.03 Å². The van der Waals surface area contributed by atoms with Crippen LogP contribution in [-0.2, 0) is 20.1 Å². The minimum absolute atomic E-state index is 0.0639. The van der Waals surface area contributed by atoms with Crippen LogP contribution in [0, 0.1) is 0 Å². The Bertz CT molecular complexity index is 950. The van der Waals surface area contributed by atoms with Gasteiger partial charge in [-0.2, -0.15) is 0 Å². The van der Waals surface area contributed by atoms with E-state index in [9.17, 15) is 4.79 Å². The monoisotopic (exact) mass is 365 g/mol. The van der Waals surface area contributed by atoms with Gasteiger partial charge in [0.1, 0.15) is 11.6 Å². The number of pyridine rings is 1. The number of fused-ring (bicyclic) bond motifs is 1. The van der Waals surface area contributed by atoms with E-state index in [1.54, 1.807) is 13.3 Å². The van der Waals surface area contributed by atoms with Crippen molar-refractivity contribution in [1.82, 2.24) is 24.8 Å². The summed E-state index contributed by atoms with van der Waals surface area (Å²) in [6.07, 6.45) is 5.66. The van der Waals surface area contributed by atoms with Gasteiger partial charge < -0.3 is 19.5 Å². The van der Waals surface area contributed by atoms with Crippen LogP contribution in [0.4, 0.5) is 4.79 Å². The van der Waals surface area contributed by atoms with Gasteiger partial charge in [-0.3, -0.25) is 4.98 Å². The summed E-state index contributed by atoms with van der Waals surface area (Å²) in [7, 11) is 3.59. The predicted molar refractivity (Wildman–Crippen MR) is 102 cm³/mol.